The molecule has 2 unspecified atom stereocenters. The summed E-state index contributed by atoms with van der Waals surface area (Å²) in [4.78, 5) is 31.0. The lowest BCUT2D eigenvalue weighted by Gasteiger charge is -2.31. The molecule has 174 valence electrons. The Morgan fingerprint density at radius 1 is 1.00 bits per heavy atom. The Hall–Kier alpha value is -3.71. The van der Waals surface area contributed by atoms with Gasteiger partial charge >= 0.3 is 0 Å². The molecule has 8 heteroatoms. The average molecular weight is 478 g/mol. The van der Waals surface area contributed by atoms with Crippen molar-refractivity contribution in [2.75, 3.05) is 7.11 Å². The number of amidine groups is 1. The normalized spacial score (nSPS) is 17.6. The van der Waals surface area contributed by atoms with E-state index < -0.39 is 17.0 Å². The quantitative estimate of drug-likeness (QED) is 0.322. The highest BCUT2D eigenvalue weighted by molar-refractivity contribution is 6.30. The van der Waals surface area contributed by atoms with E-state index in [2.05, 4.69) is 0 Å². The summed E-state index contributed by atoms with van der Waals surface area (Å²) in [6.45, 7) is 3.69. The van der Waals surface area contributed by atoms with Crippen LogP contribution in [0.4, 0.5) is 5.69 Å². The average Bonchev–Trinajstić information content (AvgIpc) is 3.24. The first-order valence-electron chi connectivity index (χ1n) is 10.8. The zero-order chi connectivity index (χ0) is 24.4. The molecular formula is C26H24ClN3O4. The maximum absolute atomic E-state index is 13.5. The first-order valence-corrected chi connectivity index (χ1v) is 11.2. The number of ether oxygens (including phenoxy) is 1. The molecule has 0 bridgehead atoms. The van der Waals surface area contributed by atoms with Gasteiger partial charge in [0.1, 0.15) is 17.6 Å². The summed E-state index contributed by atoms with van der Waals surface area (Å²) < 4.78 is 5.28. The van der Waals surface area contributed by atoms with Crippen LogP contribution in [0.2, 0.25) is 5.02 Å². The Morgan fingerprint density at radius 3 is 2.12 bits per heavy atom. The van der Waals surface area contributed by atoms with Crippen LogP contribution in [0.1, 0.15) is 42.6 Å². The molecule has 3 aromatic carbocycles. The molecule has 3 aromatic rings. The molecule has 34 heavy (non-hydrogen) atoms. The molecule has 1 amide bonds. The summed E-state index contributed by atoms with van der Waals surface area (Å²) in [5.74, 6) is 0.872. The van der Waals surface area contributed by atoms with E-state index in [4.69, 9.17) is 21.3 Å². The van der Waals surface area contributed by atoms with Gasteiger partial charge < -0.3 is 4.74 Å². The second kappa shape index (κ2) is 9.65. The first kappa shape index (κ1) is 23.4. The van der Waals surface area contributed by atoms with Gasteiger partial charge in [-0.3, -0.25) is 24.8 Å². The van der Waals surface area contributed by atoms with E-state index in [9.17, 15) is 14.9 Å². The van der Waals surface area contributed by atoms with Crippen LogP contribution >= 0.6 is 11.6 Å². The molecule has 1 aliphatic heterocycles. The number of nitrogens with zero attached hydrogens (tertiary/aromatic N) is 3. The highest BCUT2D eigenvalue weighted by Gasteiger charge is 2.42. The fourth-order valence-corrected chi connectivity index (χ4v) is 4.18. The number of nitro groups is 1. The largest absolute Gasteiger partial charge is 0.497 e. The monoisotopic (exact) mass is 477 g/mol. The lowest BCUT2D eigenvalue weighted by molar-refractivity contribution is -0.384. The highest BCUT2D eigenvalue weighted by atomic mass is 35.5. The summed E-state index contributed by atoms with van der Waals surface area (Å²) >= 11 is 6.12. The molecule has 0 saturated carbocycles. The van der Waals surface area contributed by atoms with E-state index in [0.717, 1.165) is 16.7 Å². The zero-order valence-electron chi connectivity index (χ0n) is 19.0. The molecule has 1 heterocycles. The topological polar surface area (TPSA) is 85.0 Å². The smallest absolute Gasteiger partial charge is 0.269 e. The second-order valence-electron chi connectivity index (χ2n) is 8.33. The first-order chi connectivity index (χ1) is 16.3. The molecule has 0 radical (unpaired) electrons. The molecule has 2 atom stereocenters. The molecule has 4 rings (SSSR count). The SMILES string of the molecule is COc1ccc(C2=NC(c3ccc(Cl)cc3)C(c3ccc([N+](=O)[O-])cc3)N2C(=O)C(C)C)cc1. The second-order valence-corrected chi connectivity index (χ2v) is 8.77. The van der Waals surface area contributed by atoms with Crippen molar-refractivity contribution in [1.29, 1.82) is 0 Å². The molecule has 0 N–H and O–H groups in total. The Kier molecular flexibility index (Phi) is 6.65. The van der Waals surface area contributed by atoms with Crippen LogP contribution in [0.3, 0.4) is 0 Å². The fourth-order valence-electron chi connectivity index (χ4n) is 4.05. The van der Waals surface area contributed by atoms with Crippen molar-refractivity contribution < 1.29 is 14.5 Å². The number of amides is 1. The van der Waals surface area contributed by atoms with E-state index >= 15 is 0 Å². The molecule has 1 aliphatic rings. The lowest BCUT2D eigenvalue weighted by atomic mass is 9.92. The lowest BCUT2D eigenvalue weighted by Crippen LogP contribution is -2.40. The van der Waals surface area contributed by atoms with Gasteiger partial charge in [0.25, 0.3) is 5.69 Å². The number of methoxy groups -OCH3 is 1. The van der Waals surface area contributed by atoms with Gasteiger partial charge in [0.2, 0.25) is 5.91 Å². The van der Waals surface area contributed by atoms with Crippen LogP contribution in [0.5, 0.6) is 5.75 Å². The van der Waals surface area contributed by atoms with Gasteiger partial charge in [-0.05, 0) is 47.5 Å². The third kappa shape index (κ3) is 4.52. The minimum atomic E-state index is -0.478. The summed E-state index contributed by atoms with van der Waals surface area (Å²) in [5, 5.41) is 11.8. The van der Waals surface area contributed by atoms with E-state index in [1.54, 1.807) is 36.3 Å². The number of nitro benzene ring substituents is 1. The minimum Gasteiger partial charge on any atom is -0.497 e. The van der Waals surface area contributed by atoms with Crippen molar-refractivity contribution in [2.45, 2.75) is 25.9 Å². The van der Waals surface area contributed by atoms with Crippen LogP contribution in [0.25, 0.3) is 0 Å². The Balaban J connectivity index is 1.88. The van der Waals surface area contributed by atoms with Crippen LogP contribution in [-0.2, 0) is 4.79 Å². The van der Waals surface area contributed by atoms with Gasteiger partial charge in [0.15, 0.2) is 0 Å². The standard InChI is InChI=1S/C26H24ClN3O4/c1-16(2)26(31)29-24(18-6-12-21(13-7-18)30(32)33)23(17-4-10-20(27)11-5-17)28-25(29)19-8-14-22(34-3)15-9-19/h4-16,23-24H,1-3H3. The number of aliphatic imine (C=N–C) groups is 1. The maximum Gasteiger partial charge on any atom is 0.269 e. The Morgan fingerprint density at radius 2 is 1.59 bits per heavy atom. The number of hydrogen-bond donors (Lipinski definition) is 0. The van der Waals surface area contributed by atoms with Crippen LogP contribution in [-0.4, -0.2) is 28.7 Å². The number of hydrogen-bond acceptors (Lipinski definition) is 5. The van der Waals surface area contributed by atoms with Gasteiger partial charge in [-0.15, -0.1) is 0 Å². The van der Waals surface area contributed by atoms with Gasteiger partial charge in [-0.1, -0.05) is 49.7 Å². The number of rotatable bonds is 6. The van der Waals surface area contributed by atoms with Gasteiger partial charge in [-0.2, -0.15) is 0 Å². The third-order valence-electron chi connectivity index (χ3n) is 5.80. The summed E-state index contributed by atoms with van der Waals surface area (Å²) in [6.07, 6.45) is 0. The van der Waals surface area contributed by atoms with Crippen molar-refractivity contribution in [2.24, 2.45) is 10.9 Å². The number of benzene rings is 3. The van der Waals surface area contributed by atoms with Crippen molar-refractivity contribution >= 4 is 29.0 Å². The molecule has 0 aromatic heterocycles. The molecule has 7 nitrogen and oxygen atoms in total. The van der Waals surface area contributed by atoms with Crippen molar-refractivity contribution in [3.8, 4) is 5.75 Å². The van der Waals surface area contributed by atoms with Gasteiger partial charge in [0.05, 0.1) is 18.1 Å². The van der Waals surface area contributed by atoms with Gasteiger partial charge in [0, 0.05) is 28.6 Å². The summed E-state index contributed by atoms with van der Waals surface area (Å²) in [5.41, 5.74) is 2.41. The number of carbonyl (C=O) groups is 1. The van der Waals surface area contributed by atoms with Crippen LogP contribution < -0.4 is 4.74 Å². The van der Waals surface area contributed by atoms with Crippen molar-refractivity contribution in [3.63, 3.8) is 0 Å². The Bertz CT molecular complexity index is 1220. The van der Waals surface area contributed by atoms with Gasteiger partial charge in [-0.25, -0.2) is 0 Å². The van der Waals surface area contributed by atoms with E-state index in [1.165, 1.54) is 12.1 Å². The fraction of sp³-hybridized carbons (Fsp3) is 0.231. The maximum atomic E-state index is 13.5. The van der Waals surface area contributed by atoms with Crippen LogP contribution in [0.15, 0.2) is 77.8 Å². The molecule has 0 aliphatic carbocycles. The number of carbonyl (C=O) groups excluding carboxylic acids is 1. The predicted octanol–water partition coefficient (Wildman–Crippen LogP) is 5.98. The number of halogens is 1. The highest BCUT2D eigenvalue weighted by Crippen LogP contribution is 2.44. The number of non-ortho nitro benzene ring substituents is 1. The predicted molar refractivity (Wildman–Crippen MR) is 131 cm³/mol. The van der Waals surface area contributed by atoms with E-state index in [0.29, 0.717) is 16.6 Å². The van der Waals surface area contributed by atoms with Crippen molar-refractivity contribution in [1.82, 2.24) is 4.90 Å². The zero-order valence-corrected chi connectivity index (χ0v) is 19.8. The van der Waals surface area contributed by atoms with Crippen molar-refractivity contribution in [3.05, 3.63) is 105 Å². The molecule has 0 spiro atoms. The minimum absolute atomic E-state index is 0.0113. The van der Waals surface area contributed by atoms with E-state index in [-0.39, 0.29) is 17.5 Å². The van der Waals surface area contributed by atoms with E-state index in [1.807, 2.05) is 50.2 Å². The summed E-state index contributed by atoms with van der Waals surface area (Å²) in [7, 11) is 1.60. The molecule has 0 saturated heterocycles. The third-order valence-corrected chi connectivity index (χ3v) is 6.06. The Labute approximate surface area is 202 Å². The van der Waals surface area contributed by atoms with Crippen LogP contribution in [0, 0.1) is 16.0 Å². The summed E-state index contributed by atoms with van der Waals surface area (Å²) in [6, 6.07) is 20.2. The molecular weight excluding hydrogens is 454 g/mol. The molecule has 0 fully saturated rings.